The van der Waals surface area contributed by atoms with Crippen molar-refractivity contribution in [2.45, 2.75) is 4.90 Å². The van der Waals surface area contributed by atoms with Crippen LogP contribution in [0.4, 0.5) is 5.69 Å². The molecule has 13 heteroatoms. The van der Waals surface area contributed by atoms with Gasteiger partial charge in [0.05, 0.1) is 27.5 Å². The molecule has 0 aliphatic carbocycles. The van der Waals surface area contributed by atoms with Crippen LogP contribution in [0.15, 0.2) is 46.7 Å². The number of H-pyrrole nitrogens is 1. The number of nitro benzene ring substituents is 1. The lowest BCUT2D eigenvalue weighted by atomic mass is 10.2. The number of nitro groups is 1. The summed E-state index contributed by atoms with van der Waals surface area (Å²) in [4.78, 5) is 25.6. The third-order valence-electron chi connectivity index (χ3n) is 5.09. The van der Waals surface area contributed by atoms with Crippen molar-refractivity contribution in [3.05, 3.63) is 57.6 Å². The molecule has 1 amide bonds. The highest BCUT2D eigenvalue weighted by atomic mass is 32.2. The lowest BCUT2D eigenvalue weighted by Gasteiger charge is -2.33. The van der Waals surface area contributed by atoms with Crippen LogP contribution in [-0.4, -0.2) is 71.9 Å². The van der Waals surface area contributed by atoms with E-state index >= 15 is 0 Å². The van der Waals surface area contributed by atoms with E-state index in [9.17, 15) is 23.3 Å². The van der Waals surface area contributed by atoms with Crippen LogP contribution in [0.3, 0.4) is 0 Å². The average molecular weight is 478 g/mol. The summed E-state index contributed by atoms with van der Waals surface area (Å²) in [6.45, 7) is 0.487. The Hall–Kier alpha value is -3.29. The predicted octanol–water partition coefficient (Wildman–Crippen LogP) is 2.20. The summed E-state index contributed by atoms with van der Waals surface area (Å²) in [5.41, 5.74) is 0.573. The molecule has 11 nitrogen and oxygen atoms in total. The Morgan fingerprint density at radius 2 is 1.97 bits per heavy atom. The van der Waals surface area contributed by atoms with E-state index in [1.807, 2.05) is 17.5 Å². The van der Waals surface area contributed by atoms with E-state index in [0.29, 0.717) is 0 Å². The number of aromatic amines is 1. The number of aromatic nitrogens is 2. The maximum Gasteiger partial charge on any atom is 0.312 e. The summed E-state index contributed by atoms with van der Waals surface area (Å²) in [7, 11) is -2.69. The number of carbonyl (C=O) groups excluding carboxylic acids is 1. The number of rotatable bonds is 6. The number of sulfonamides is 1. The van der Waals surface area contributed by atoms with E-state index in [2.05, 4.69) is 10.2 Å². The molecular weight excluding hydrogens is 458 g/mol. The smallest absolute Gasteiger partial charge is 0.312 e. The molecule has 0 spiro atoms. The topological polar surface area (TPSA) is 139 Å². The Balaban J connectivity index is 1.46. The van der Waals surface area contributed by atoms with Gasteiger partial charge in [-0.2, -0.15) is 9.40 Å². The minimum Gasteiger partial charge on any atom is -0.490 e. The molecule has 3 aromatic rings. The molecule has 3 heterocycles. The second kappa shape index (κ2) is 8.68. The Morgan fingerprint density at radius 1 is 1.22 bits per heavy atom. The van der Waals surface area contributed by atoms with E-state index in [0.717, 1.165) is 16.6 Å². The number of benzene rings is 1. The van der Waals surface area contributed by atoms with Crippen molar-refractivity contribution in [1.29, 1.82) is 0 Å². The van der Waals surface area contributed by atoms with Crippen molar-refractivity contribution in [3.63, 3.8) is 0 Å². The number of nitrogens with one attached hydrogen (secondary N) is 1. The Labute approximate surface area is 187 Å². The molecule has 0 unspecified atom stereocenters. The van der Waals surface area contributed by atoms with Gasteiger partial charge in [0.1, 0.15) is 0 Å². The van der Waals surface area contributed by atoms with Crippen molar-refractivity contribution < 1.29 is 22.9 Å². The summed E-state index contributed by atoms with van der Waals surface area (Å²) in [6.07, 6.45) is 0. The number of hydrogen-bond donors (Lipinski definition) is 1. The molecule has 0 saturated carbocycles. The second-order valence-corrected chi connectivity index (χ2v) is 9.82. The van der Waals surface area contributed by atoms with Gasteiger partial charge in [0, 0.05) is 32.2 Å². The molecule has 1 saturated heterocycles. The van der Waals surface area contributed by atoms with Crippen LogP contribution < -0.4 is 4.74 Å². The zero-order valence-corrected chi connectivity index (χ0v) is 18.6. The molecule has 0 atom stereocenters. The van der Waals surface area contributed by atoms with Crippen molar-refractivity contribution >= 4 is 33.0 Å². The second-order valence-electron chi connectivity index (χ2n) is 6.93. The standard InChI is InChI=1S/C19H19N5O6S2/c1-30-17-5-4-13(11-16(17)24(26)27)32(28,29)23-8-6-22(7-9-23)19(25)15-12-14(20-21-15)18-3-2-10-31-18/h2-5,10-12H,6-9H2,1H3,(H,20,21). The van der Waals surface area contributed by atoms with Crippen molar-refractivity contribution in [3.8, 4) is 16.3 Å². The summed E-state index contributed by atoms with van der Waals surface area (Å²) in [5.74, 6) is -0.313. The fraction of sp³-hybridized carbons (Fsp3) is 0.263. The molecule has 168 valence electrons. The molecular formula is C19H19N5O6S2. The van der Waals surface area contributed by atoms with Crippen LogP contribution in [0, 0.1) is 10.1 Å². The Bertz CT molecular complexity index is 1250. The Morgan fingerprint density at radius 3 is 2.59 bits per heavy atom. The van der Waals surface area contributed by atoms with E-state index < -0.39 is 20.6 Å². The first-order chi connectivity index (χ1) is 15.3. The first-order valence-corrected chi connectivity index (χ1v) is 11.8. The third kappa shape index (κ3) is 4.09. The first kappa shape index (κ1) is 21.9. The van der Waals surface area contributed by atoms with Crippen molar-refractivity contribution in [2.24, 2.45) is 0 Å². The number of piperazine rings is 1. The lowest BCUT2D eigenvalue weighted by molar-refractivity contribution is -0.386. The average Bonchev–Trinajstić information content (AvgIpc) is 3.50. The summed E-state index contributed by atoms with van der Waals surface area (Å²) >= 11 is 1.52. The SMILES string of the molecule is COc1ccc(S(=O)(=O)N2CCN(C(=O)c3cc(-c4cccs4)[nH]n3)CC2)cc1[N+](=O)[O-]. The van der Waals surface area contributed by atoms with Crippen molar-refractivity contribution in [2.75, 3.05) is 33.3 Å². The highest BCUT2D eigenvalue weighted by Crippen LogP contribution is 2.31. The van der Waals surface area contributed by atoms with Gasteiger partial charge in [-0.3, -0.25) is 20.0 Å². The zero-order chi connectivity index (χ0) is 22.9. The number of carbonyl (C=O) groups is 1. The van der Waals surface area contributed by atoms with Gasteiger partial charge in [0.2, 0.25) is 10.0 Å². The maximum atomic E-state index is 13.0. The fourth-order valence-corrected chi connectivity index (χ4v) is 5.54. The largest absolute Gasteiger partial charge is 0.490 e. The van der Waals surface area contributed by atoms with Gasteiger partial charge in [-0.25, -0.2) is 8.42 Å². The molecule has 0 radical (unpaired) electrons. The van der Waals surface area contributed by atoms with Gasteiger partial charge in [-0.1, -0.05) is 6.07 Å². The summed E-state index contributed by atoms with van der Waals surface area (Å²) in [6, 6.07) is 9.01. The van der Waals surface area contributed by atoms with Crippen LogP contribution >= 0.6 is 11.3 Å². The number of nitrogens with zero attached hydrogens (tertiary/aromatic N) is 4. The van der Waals surface area contributed by atoms with Crippen LogP contribution in [0.5, 0.6) is 5.75 Å². The molecule has 2 aromatic heterocycles. The molecule has 4 rings (SSSR count). The van der Waals surface area contributed by atoms with Crippen molar-refractivity contribution in [1.82, 2.24) is 19.4 Å². The normalized spacial score (nSPS) is 15.0. The van der Waals surface area contributed by atoms with Gasteiger partial charge in [0.25, 0.3) is 5.91 Å². The van der Waals surface area contributed by atoms with Gasteiger partial charge in [-0.05, 0) is 29.6 Å². The molecule has 1 fully saturated rings. The van der Waals surface area contributed by atoms with E-state index in [1.54, 1.807) is 6.07 Å². The zero-order valence-electron chi connectivity index (χ0n) is 16.9. The van der Waals surface area contributed by atoms with Crippen LogP contribution in [-0.2, 0) is 10.0 Å². The lowest BCUT2D eigenvalue weighted by Crippen LogP contribution is -2.50. The van der Waals surface area contributed by atoms with Crippen LogP contribution in [0.25, 0.3) is 10.6 Å². The van der Waals surface area contributed by atoms with Gasteiger partial charge < -0.3 is 9.64 Å². The molecule has 0 bridgehead atoms. The number of amides is 1. The molecule has 1 aliphatic heterocycles. The minimum atomic E-state index is -3.97. The van der Waals surface area contributed by atoms with Gasteiger partial charge >= 0.3 is 5.69 Å². The Kier molecular flexibility index (Phi) is 5.95. The maximum absolute atomic E-state index is 13.0. The molecule has 1 aromatic carbocycles. The number of methoxy groups -OCH3 is 1. The van der Waals surface area contributed by atoms with E-state index in [4.69, 9.17) is 4.74 Å². The van der Waals surface area contributed by atoms with E-state index in [-0.39, 0.29) is 48.4 Å². The number of thiophene rings is 1. The van der Waals surface area contributed by atoms with Crippen LogP contribution in [0.2, 0.25) is 0 Å². The minimum absolute atomic E-state index is 0.0229. The number of hydrogen-bond acceptors (Lipinski definition) is 8. The van der Waals surface area contributed by atoms with Gasteiger partial charge in [-0.15, -0.1) is 11.3 Å². The predicted molar refractivity (Wildman–Crippen MR) is 116 cm³/mol. The first-order valence-electron chi connectivity index (χ1n) is 9.52. The van der Waals surface area contributed by atoms with Crippen LogP contribution in [0.1, 0.15) is 10.5 Å². The summed E-state index contributed by atoms with van der Waals surface area (Å²) in [5, 5.41) is 20.1. The van der Waals surface area contributed by atoms with Gasteiger partial charge in [0.15, 0.2) is 11.4 Å². The quantitative estimate of drug-likeness (QED) is 0.424. The summed E-state index contributed by atoms with van der Waals surface area (Å²) < 4.78 is 32.1. The highest BCUT2D eigenvalue weighted by molar-refractivity contribution is 7.89. The third-order valence-corrected chi connectivity index (χ3v) is 7.89. The monoisotopic (exact) mass is 477 g/mol. The molecule has 32 heavy (non-hydrogen) atoms. The van der Waals surface area contributed by atoms with E-state index in [1.165, 1.54) is 39.8 Å². The molecule has 1 N–H and O–H groups in total. The molecule has 1 aliphatic rings. The fourth-order valence-electron chi connectivity index (χ4n) is 3.40. The highest BCUT2D eigenvalue weighted by Gasteiger charge is 2.32. The number of ether oxygens (including phenoxy) is 1.